The van der Waals surface area contributed by atoms with Crippen LogP contribution < -0.4 is 0 Å². The molecule has 0 bridgehead atoms. The topological polar surface area (TPSA) is 57.6 Å². The van der Waals surface area contributed by atoms with E-state index < -0.39 is 11.9 Å². The molecule has 2 aromatic rings. The van der Waals surface area contributed by atoms with Crippen LogP contribution in [0.15, 0.2) is 60.7 Å². The van der Waals surface area contributed by atoms with Crippen molar-refractivity contribution in [2.45, 2.75) is 18.8 Å². The summed E-state index contributed by atoms with van der Waals surface area (Å²) < 4.78 is 0. The third kappa shape index (κ3) is 4.60. The first-order valence-electron chi connectivity index (χ1n) is 8.25. The lowest BCUT2D eigenvalue weighted by molar-refractivity contribution is -0.141. The average Bonchev–Trinajstić information content (AvgIpc) is 3.11. The fourth-order valence-corrected chi connectivity index (χ4v) is 3.29. The minimum absolute atomic E-state index is 0. The molecule has 2 aromatic carbocycles. The van der Waals surface area contributed by atoms with Crippen LogP contribution in [0.25, 0.3) is 0 Å². The number of hydrogen-bond donors (Lipinski definition) is 1. The second-order valence-electron chi connectivity index (χ2n) is 6.24. The number of hydrogen-bond acceptors (Lipinski definition) is 2. The molecule has 0 aliphatic carbocycles. The van der Waals surface area contributed by atoms with Crippen LogP contribution in [-0.4, -0.2) is 35.0 Å². The number of carbonyl (C=O) groups is 2. The number of halogens is 1. The Morgan fingerprint density at radius 2 is 1.52 bits per heavy atom. The lowest BCUT2D eigenvalue weighted by Crippen LogP contribution is -2.31. The molecule has 1 N–H and O–H groups in total. The van der Waals surface area contributed by atoms with Gasteiger partial charge in [0.25, 0.3) is 0 Å². The lowest BCUT2D eigenvalue weighted by Gasteiger charge is -2.22. The molecule has 3 rings (SSSR count). The van der Waals surface area contributed by atoms with E-state index in [1.54, 1.807) is 4.90 Å². The van der Waals surface area contributed by atoms with Crippen LogP contribution in [0.3, 0.4) is 0 Å². The van der Waals surface area contributed by atoms with Crippen molar-refractivity contribution < 1.29 is 14.7 Å². The molecule has 1 unspecified atom stereocenters. The van der Waals surface area contributed by atoms with Crippen molar-refractivity contribution in [1.29, 1.82) is 0 Å². The second kappa shape index (κ2) is 8.67. The number of carboxylic acids is 1. The fraction of sp³-hybridized carbons (Fsp3) is 0.300. The van der Waals surface area contributed by atoms with Crippen LogP contribution in [0.5, 0.6) is 0 Å². The van der Waals surface area contributed by atoms with Gasteiger partial charge in [-0.1, -0.05) is 60.7 Å². The van der Waals surface area contributed by atoms with Crippen molar-refractivity contribution in [3.63, 3.8) is 0 Å². The molecular formula is C20H22ClNO3. The van der Waals surface area contributed by atoms with Crippen LogP contribution in [-0.2, 0) is 9.59 Å². The molecular weight excluding hydrogens is 338 g/mol. The predicted octanol–water partition coefficient (Wildman–Crippen LogP) is 3.56. The summed E-state index contributed by atoms with van der Waals surface area (Å²) in [6.07, 6.45) is 0.906. The second-order valence-corrected chi connectivity index (χ2v) is 6.24. The maximum atomic E-state index is 12.7. The largest absolute Gasteiger partial charge is 0.481 e. The Hall–Kier alpha value is -2.33. The monoisotopic (exact) mass is 359 g/mol. The van der Waals surface area contributed by atoms with Crippen LogP contribution in [0.1, 0.15) is 29.9 Å². The van der Waals surface area contributed by atoms with Gasteiger partial charge in [0.05, 0.1) is 5.92 Å². The molecule has 1 saturated heterocycles. The average molecular weight is 360 g/mol. The van der Waals surface area contributed by atoms with Crippen LogP contribution >= 0.6 is 12.4 Å². The Balaban J connectivity index is 0.00000225. The quantitative estimate of drug-likeness (QED) is 0.888. The van der Waals surface area contributed by atoms with Gasteiger partial charge in [0.15, 0.2) is 0 Å². The SMILES string of the molecule is Cl.O=C(O)C1CCN(C(=O)CC(c2ccccc2)c2ccccc2)C1. The number of nitrogens with zero attached hydrogens (tertiary/aromatic N) is 1. The van der Waals surface area contributed by atoms with Crippen LogP contribution in [0.2, 0.25) is 0 Å². The third-order valence-electron chi connectivity index (χ3n) is 4.67. The zero-order valence-electron chi connectivity index (χ0n) is 13.9. The van der Waals surface area contributed by atoms with Crippen molar-refractivity contribution in [3.8, 4) is 0 Å². The van der Waals surface area contributed by atoms with Crippen molar-refractivity contribution in [1.82, 2.24) is 4.90 Å². The number of benzene rings is 2. The molecule has 0 aromatic heterocycles. The number of amides is 1. The van der Waals surface area contributed by atoms with Crippen molar-refractivity contribution in [2.75, 3.05) is 13.1 Å². The van der Waals surface area contributed by atoms with Crippen molar-refractivity contribution in [2.24, 2.45) is 5.92 Å². The van der Waals surface area contributed by atoms with Gasteiger partial charge in [-0.2, -0.15) is 0 Å². The maximum absolute atomic E-state index is 12.7. The standard InChI is InChI=1S/C20H21NO3.ClH/c22-19(21-12-11-17(14-21)20(23)24)13-18(15-7-3-1-4-8-15)16-9-5-2-6-10-16;/h1-10,17-18H,11-14H2,(H,23,24);1H. The molecule has 0 spiro atoms. The van der Waals surface area contributed by atoms with Gasteiger partial charge in [0.1, 0.15) is 0 Å². The highest BCUT2D eigenvalue weighted by atomic mass is 35.5. The molecule has 25 heavy (non-hydrogen) atoms. The van der Waals surface area contributed by atoms with E-state index in [1.165, 1.54) is 0 Å². The molecule has 0 saturated carbocycles. The summed E-state index contributed by atoms with van der Waals surface area (Å²) in [7, 11) is 0. The summed E-state index contributed by atoms with van der Waals surface area (Å²) in [4.78, 5) is 25.5. The van der Waals surface area contributed by atoms with E-state index in [9.17, 15) is 9.59 Å². The summed E-state index contributed by atoms with van der Waals surface area (Å²) in [6.45, 7) is 0.858. The fourth-order valence-electron chi connectivity index (χ4n) is 3.29. The Labute approximate surface area is 153 Å². The number of carbonyl (C=O) groups excluding carboxylic acids is 1. The first kappa shape index (κ1) is 19.0. The molecule has 1 aliphatic heterocycles. The zero-order chi connectivity index (χ0) is 16.9. The molecule has 1 aliphatic rings. The first-order valence-corrected chi connectivity index (χ1v) is 8.25. The van der Waals surface area contributed by atoms with Gasteiger partial charge in [-0.05, 0) is 17.5 Å². The van der Waals surface area contributed by atoms with E-state index in [1.807, 2.05) is 60.7 Å². The first-order chi connectivity index (χ1) is 11.6. The van der Waals surface area contributed by atoms with E-state index in [0.717, 1.165) is 11.1 Å². The Kier molecular flexibility index (Phi) is 6.59. The number of carboxylic acid groups (broad SMARTS) is 1. The normalized spacial score (nSPS) is 16.5. The van der Waals surface area contributed by atoms with Gasteiger partial charge in [-0.25, -0.2) is 0 Å². The molecule has 1 fully saturated rings. The maximum Gasteiger partial charge on any atom is 0.308 e. The predicted molar refractivity (Wildman–Crippen MR) is 98.9 cm³/mol. The van der Waals surface area contributed by atoms with Crippen LogP contribution in [0, 0.1) is 5.92 Å². The highest BCUT2D eigenvalue weighted by Gasteiger charge is 2.32. The molecule has 4 nitrogen and oxygen atoms in total. The third-order valence-corrected chi connectivity index (χ3v) is 4.67. The van der Waals surface area contributed by atoms with E-state index in [4.69, 9.17) is 5.11 Å². The molecule has 0 radical (unpaired) electrons. The summed E-state index contributed by atoms with van der Waals surface area (Å²) in [6, 6.07) is 20.0. The molecule has 132 valence electrons. The van der Waals surface area contributed by atoms with Gasteiger partial charge >= 0.3 is 5.97 Å². The lowest BCUT2D eigenvalue weighted by atomic mass is 9.88. The molecule has 1 amide bonds. The van der Waals surface area contributed by atoms with Crippen LogP contribution in [0.4, 0.5) is 0 Å². The van der Waals surface area contributed by atoms with Gasteiger partial charge < -0.3 is 10.0 Å². The van der Waals surface area contributed by atoms with E-state index in [2.05, 4.69) is 0 Å². The summed E-state index contributed by atoms with van der Waals surface area (Å²) in [5.41, 5.74) is 2.21. The minimum Gasteiger partial charge on any atom is -0.481 e. The van der Waals surface area contributed by atoms with Gasteiger partial charge in [-0.15, -0.1) is 12.4 Å². The minimum atomic E-state index is -0.812. The van der Waals surface area contributed by atoms with Gasteiger partial charge in [0.2, 0.25) is 5.91 Å². The number of likely N-dealkylation sites (tertiary alicyclic amines) is 1. The van der Waals surface area contributed by atoms with Crippen molar-refractivity contribution >= 4 is 24.3 Å². The van der Waals surface area contributed by atoms with E-state index in [-0.39, 0.29) is 24.2 Å². The summed E-state index contributed by atoms with van der Waals surface area (Å²) in [5.74, 6) is -1.23. The zero-order valence-corrected chi connectivity index (χ0v) is 14.7. The Morgan fingerprint density at radius 1 is 1.00 bits per heavy atom. The Bertz CT molecular complexity index is 666. The molecule has 5 heteroatoms. The van der Waals surface area contributed by atoms with Gasteiger partial charge in [0, 0.05) is 25.4 Å². The molecule has 1 heterocycles. The van der Waals surface area contributed by atoms with E-state index >= 15 is 0 Å². The highest BCUT2D eigenvalue weighted by molar-refractivity contribution is 5.85. The molecule has 1 atom stereocenters. The van der Waals surface area contributed by atoms with E-state index in [0.29, 0.717) is 25.9 Å². The summed E-state index contributed by atoms with van der Waals surface area (Å²) in [5, 5.41) is 9.11. The van der Waals surface area contributed by atoms with Gasteiger partial charge in [-0.3, -0.25) is 9.59 Å². The number of rotatable bonds is 5. The Morgan fingerprint density at radius 3 is 1.96 bits per heavy atom. The highest BCUT2D eigenvalue weighted by Crippen LogP contribution is 2.29. The smallest absolute Gasteiger partial charge is 0.308 e. The van der Waals surface area contributed by atoms with Crippen molar-refractivity contribution in [3.05, 3.63) is 71.8 Å². The number of aliphatic carboxylic acids is 1. The summed E-state index contributed by atoms with van der Waals surface area (Å²) >= 11 is 0.